The Balaban J connectivity index is 3.18. The normalized spacial score (nSPS) is 10.8. The van der Waals surface area contributed by atoms with E-state index in [-0.39, 0.29) is 0 Å². The monoisotopic (exact) mass is 294 g/mol. The minimum atomic E-state index is -0.409. The van der Waals surface area contributed by atoms with Crippen LogP contribution in [0.2, 0.25) is 0 Å². The Morgan fingerprint density at radius 3 is 2.52 bits per heavy atom. The van der Waals surface area contributed by atoms with Crippen molar-refractivity contribution in [1.82, 2.24) is 0 Å². The number of hydrogen-bond acceptors (Lipinski definition) is 5. The molecule has 1 aromatic carbocycles. The zero-order valence-electron chi connectivity index (χ0n) is 13.6. The molecule has 0 bridgehead atoms. The lowest BCUT2D eigenvalue weighted by Crippen LogP contribution is -2.31. The summed E-state index contributed by atoms with van der Waals surface area (Å²) in [5.41, 5.74) is 8.71. The molecule has 0 unspecified atom stereocenters. The Hall–Kier alpha value is -1.75. The fourth-order valence-electron chi connectivity index (χ4n) is 2.21. The first-order valence-electron chi connectivity index (χ1n) is 7.13. The van der Waals surface area contributed by atoms with Crippen LogP contribution in [0.3, 0.4) is 0 Å². The average Bonchev–Trinajstić information content (AvgIpc) is 2.45. The second kappa shape index (κ2) is 7.88. The number of carbonyl (C=O) groups excluding carboxylic acids is 1. The molecule has 0 fully saturated rings. The van der Waals surface area contributed by atoms with Gasteiger partial charge < -0.3 is 20.1 Å². The molecule has 118 valence electrons. The van der Waals surface area contributed by atoms with Gasteiger partial charge >= 0.3 is 5.97 Å². The molecule has 2 N–H and O–H groups in total. The van der Waals surface area contributed by atoms with Crippen LogP contribution in [0.15, 0.2) is 12.1 Å². The Labute approximate surface area is 127 Å². The smallest absolute Gasteiger partial charge is 0.340 e. The predicted octanol–water partition coefficient (Wildman–Crippen LogP) is 2.47. The van der Waals surface area contributed by atoms with Crippen molar-refractivity contribution in [2.75, 3.05) is 44.5 Å². The molecule has 1 rings (SSSR count). The second-order valence-electron chi connectivity index (χ2n) is 5.55. The number of nitrogens with zero attached hydrogens (tertiary/aromatic N) is 1. The number of anilines is 2. The molecule has 1 aromatic rings. The van der Waals surface area contributed by atoms with Gasteiger partial charge in [0.05, 0.1) is 19.3 Å². The molecule has 0 radical (unpaired) electrons. The highest BCUT2D eigenvalue weighted by Crippen LogP contribution is 2.26. The van der Waals surface area contributed by atoms with Crippen LogP contribution in [0.1, 0.15) is 29.8 Å². The summed E-state index contributed by atoms with van der Waals surface area (Å²) >= 11 is 0. The Morgan fingerprint density at radius 2 is 2.00 bits per heavy atom. The minimum absolute atomic E-state index is 0.409. The fraction of sp³-hybridized carbons (Fsp3) is 0.562. The summed E-state index contributed by atoms with van der Waals surface area (Å²) in [4.78, 5) is 14.1. The number of benzene rings is 1. The van der Waals surface area contributed by atoms with E-state index in [1.54, 1.807) is 13.2 Å². The molecule has 0 saturated heterocycles. The lowest BCUT2D eigenvalue weighted by molar-refractivity contribution is 0.0602. The van der Waals surface area contributed by atoms with Crippen molar-refractivity contribution in [3.63, 3.8) is 0 Å². The molecule has 0 spiro atoms. The van der Waals surface area contributed by atoms with E-state index >= 15 is 0 Å². The number of ether oxygens (including phenoxy) is 2. The number of carbonyl (C=O) groups is 1. The van der Waals surface area contributed by atoms with Crippen LogP contribution in [0.5, 0.6) is 0 Å². The maximum absolute atomic E-state index is 11.9. The molecular formula is C16H26N2O3. The van der Waals surface area contributed by atoms with Crippen molar-refractivity contribution >= 4 is 17.3 Å². The average molecular weight is 294 g/mol. The number of hydrogen-bond donors (Lipinski definition) is 1. The molecule has 0 saturated carbocycles. The Bertz CT molecular complexity index is 487. The van der Waals surface area contributed by atoms with Gasteiger partial charge in [-0.1, -0.05) is 13.8 Å². The SMILES string of the molecule is COCCN(CC(C)C)c1cc(C)c(N)c(C(=O)OC)c1. The quantitative estimate of drug-likeness (QED) is 0.618. The summed E-state index contributed by atoms with van der Waals surface area (Å²) < 4.78 is 9.98. The third-order valence-electron chi connectivity index (χ3n) is 3.29. The first kappa shape index (κ1) is 17.3. The van der Waals surface area contributed by atoms with Crippen molar-refractivity contribution in [3.8, 4) is 0 Å². The Kier molecular flexibility index (Phi) is 6.49. The lowest BCUT2D eigenvalue weighted by Gasteiger charge is -2.27. The van der Waals surface area contributed by atoms with E-state index in [2.05, 4.69) is 18.7 Å². The van der Waals surface area contributed by atoms with Gasteiger partial charge in [-0.3, -0.25) is 0 Å². The van der Waals surface area contributed by atoms with Gasteiger partial charge in [0.1, 0.15) is 0 Å². The molecule has 0 heterocycles. The van der Waals surface area contributed by atoms with E-state index in [4.69, 9.17) is 15.2 Å². The van der Waals surface area contributed by atoms with Gasteiger partial charge in [-0.15, -0.1) is 0 Å². The van der Waals surface area contributed by atoms with Crippen LogP contribution < -0.4 is 10.6 Å². The number of methoxy groups -OCH3 is 2. The zero-order valence-corrected chi connectivity index (χ0v) is 13.6. The third-order valence-corrected chi connectivity index (χ3v) is 3.29. The van der Waals surface area contributed by atoms with Crippen molar-refractivity contribution in [1.29, 1.82) is 0 Å². The van der Waals surface area contributed by atoms with E-state index < -0.39 is 5.97 Å². The zero-order chi connectivity index (χ0) is 16.0. The number of esters is 1. The summed E-state index contributed by atoms with van der Waals surface area (Å²) in [5.74, 6) is 0.0926. The van der Waals surface area contributed by atoms with Crippen LogP contribution in [-0.2, 0) is 9.47 Å². The molecular weight excluding hydrogens is 268 g/mol. The van der Waals surface area contributed by atoms with Gasteiger partial charge in [0.15, 0.2) is 0 Å². The maximum atomic E-state index is 11.9. The Morgan fingerprint density at radius 1 is 1.33 bits per heavy atom. The van der Waals surface area contributed by atoms with Crippen LogP contribution >= 0.6 is 0 Å². The molecule has 5 nitrogen and oxygen atoms in total. The standard InChI is InChI=1S/C16H26N2O3/c1-11(2)10-18(6-7-20-4)13-8-12(3)15(17)14(9-13)16(19)21-5/h8-9,11H,6-7,10,17H2,1-5H3. The van der Waals surface area contributed by atoms with E-state index in [1.807, 2.05) is 13.0 Å². The van der Waals surface area contributed by atoms with E-state index in [0.29, 0.717) is 23.8 Å². The van der Waals surface area contributed by atoms with Crippen molar-refractivity contribution < 1.29 is 14.3 Å². The van der Waals surface area contributed by atoms with Crippen molar-refractivity contribution in [2.45, 2.75) is 20.8 Å². The number of nitrogens with two attached hydrogens (primary N) is 1. The molecule has 0 amide bonds. The van der Waals surface area contributed by atoms with Gasteiger partial charge in [0, 0.05) is 31.6 Å². The van der Waals surface area contributed by atoms with Gasteiger partial charge in [-0.25, -0.2) is 4.79 Å². The van der Waals surface area contributed by atoms with E-state index in [9.17, 15) is 4.79 Å². The van der Waals surface area contributed by atoms with Crippen LogP contribution in [0, 0.1) is 12.8 Å². The summed E-state index contributed by atoms with van der Waals surface area (Å²) in [6.45, 7) is 8.49. The maximum Gasteiger partial charge on any atom is 0.340 e. The largest absolute Gasteiger partial charge is 0.465 e. The topological polar surface area (TPSA) is 64.8 Å². The van der Waals surface area contributed by atoms with Gasteiger partial charge in [-0.2, -0.15) is 0 Å². The van der Waals surface area contributed by atoms with Gasteiger partial charge in [-0.05, 0) is 30.5 Å². The highest BCUT2D eigenvalue weighted by molar-refractivity contribution is 5.97. The molecule has 5 heteroatoms. The first-order chi connectivity index (χ1) is 9.90. The highest BCUT2D eigenvalue weighted by Gasteiger charge is 2.17. The van der Waals surface area contributed by atoms with Crippen LogP contribution in [0.25, 0.3) is 0 Å². The molecule has 0 aliphatic rings. The fourth-order valence-corrected chi connectivity index (χ4v) is 2.21. The molecule has 0 aliphatic carbocycles. The summed E-state index contributed by atoms with van der Waals surface area (Å²) in [6.07, 6.45) is 0. The molecule has 0 aromatic heterocycles. The van der Waals surface area contributed by atoms with Crippen LogP contribution in [0.4, 0.5) is 11.4 Å². The number of rotatable bonds is 7. The molecule has 0 aliphatic heterocycles. The number of nitrogen functional groups attached to an aromatic ring is 1. The lowest BCUT2D eigenvalue weighted by atomic mass is 10.1. The summed E-state index contributed by atoms with van der Waals surface area (Å²) in [7, 11) is 3.04. The minimum Gasteiger partial charge on any atom is -0.465 e. The van der Waals surface area contributed by atoms with Gasteiger partial charge in [0.25, 0.3) is 0 Å². The summed E-state index contributed by atoms with van der Waals surface area (Å²) in [6, 6.07) is 3.80. The summed E-state index contributed by atoms with van der Waals surface area (Å²) in [5, 5.41) is 0. The van der Waals surface area contributed by atoms with Crippen LogP contribution in [-0.4, -0.2) is 39.9 Å². The third kappa shape index (κ3) is 4.63. The highest BCUT2D eigenvalue weighted by atomic mass is 16.5. The van der Waals surface area contributed by atoms with Crippen molar-refractivity contribution in [3.05, 3.63) is 23.3 Å². The molecule has 21 heavy (non-hydrogen) atoms. The number of aryl methyl sites for hydroxylation is 1. The van der Waals surface area contributed by atoms with Gasteiger partial charge in [0.2, 0.25) is 0 Å². The molecule has 0 atom stereocenters. The van der Waals surface area contributed by atoms with E-state index in [1.165, 1.54) is 7.11 Å². The predicted molar refractivity (Wildman–Crippen MR) is 85.9 cm³/mol. The van der Waals surface area contributed by atoms with E-state index in [0.717, 1.165) is 24.3 Å². The first-order valence-corrected chi connectivity index (χ1v) is 7.13. The van der Waals surface area contributed by atoms with Crippen molar-refractivity contribution in [2.24, 2.45) is 5.92 Å². The second-order valence-corrected chi connectivity index (χ2v) is 5.55.